The number of allylic oxidation sites excluding steroid dienone is 1. The minimum absolute atomic E-state index is 0.0402. The van der Waals surface area contributed by atoms with Gasteiger partial charge in [-0.1, -0.05) is 18.2 Å². The number of alkyl halides is 5. The van der Waals surface area contributed by atoms with Gasteiger partial charge in [0.2, 0.25) is 11.8 Å². The SMILES string of the molecule is Cn1ccc(C2C(C#N)=C(N)Oc3c2c(C(F)(F)C(F)(F)F)nn3-c2ccccc2)n1. The highest BCUT2D eigenvalue weighted by Gasteiger charge is 2.63. The number of aryl methyl sites for hydroxylation is 1. The van der Waals surface area contributed by atoms with Crippen molar-refractivity contribution in [2.24, 2.45) is 12.8 Å². The molecule has 0 aliphatic carbocycles. The fourth-order valence-corrected chi connectivity index (χ4v) is 3.33. The van der Waals surface area contributed by atoms with E-state index in [9.17, 15) is 27.2 Å². The third-order valence-electron chi connectivity index (χ3n) is 4.73. The van der Waals surface area contributed by atoms with Crippen LogP contribution >= 0.6 is 0 Å². The monoisotopic (exact) mass is 436 g/mol. The van der Waals surface area contributed by atoms with Crippen LogP contribution in [0.1, 0.15) is 22.9 Å². The summed E-state index contributed by atoms with van der Waals surface area (Å²) in [5.74, 6) is -7.65. The number of hydrogen-bond donors (Lipinski definition) is 1. The first-order valence-electron chi connectivity index (χ1n) is 8.76. The highest BCUT2D eigenvalue weighted by molar-refractivity contribution is 5.57. The molecule has 160 valence electrons. The zero-order chi connectivity index (χ0) is 22.6. The van der Waals surface area contributed by atoms with Gasteiger partial charge in [-0.3, -0.25) is 4.68 Å². The van der Waals surface area contributed by atoms with Crippen LogP contribution in [0, 0.1) is 11.3 Å². The molecule has 3 heterocycles. The van der Waals surface area contributed by atoms with Crippen molar-refractivity contribution in [3.05, 3.63) is 71.0 Å². The van der Waals surface area contributed by atoms with E-state index >= 15 is 0 Å². The smallest absolute Gasteiger partial charge is 0.422 e. The number of ether oxygens (including phenoxy) is 1. The zero-order valence-corrected chi connectivity index (χ0v) is 15.7. The Kier molecular flexibility index (Phi) is 4.49. The van der Waals surface area contributed by atoms with E-state index in [0.717, 1.165) is 4.68 Å². The van der Waals surface area contributed by atoms with Gasteiger partial charge in [0.1, 0.15) is 17.3 Å². The summed E-state index contributed by atoms with van der Waals surface area (Å²) in [6.07, 6.45) is -4.48. The fraction of sp³-hybridized carbons (Fsp3) is 0.211. The summed E-state index contributed by atoms with van der Waals surface area (Å²) in [4.78, 5) is 0. The molecular weight excluding hydrogens is 423 g/mol. The Bertz CT molecular complexity index is 1220. The number of benzene rings is 1. The highest BCUT2D eigenvalue weighted by Crippen LogP contribution is 2.52. The van der Waals surface area contributed by atoms with Crippen molar-refractivity contribution in [3.8, 4) is 17.6 Å². The molecule has 12 heteroatoms. The molecule has 0 fully saturated rings. The Morgan fingerprint density at radius 3 is 2.32 bits per heavy atom. The van der Waals surface area contributed by atoms with Crippen molar-refractivity contribution in [1.82, 2.24) is 19.6 Å². The van der Waals surface area contributed by atoms with E-state index < -0.39 is 41.0 Å². The molecule has 1 atom stereocenters. The summed E-state index contributed by atoms with van der Waals surface area (Å²) in [7, 11) is 1.53. The van der Waals surface area contributed by atoms with Crippen LogP contribution in [0.3, 0.4) is 0 Å². The lowest BCUT2D eigenvalue weighted by atomic mass is 9.86. The Morgan fingerprint density at radius 1 is 1.10 bits per heavy atom. The zero-order valence-electron chi connectivity index (χ0n) is 15.7. The third-order valence-corrected chi connectivity index (χ3v) is 4.73. The molecule has 1 aromatic carbocycles. The first kappa shape index (κ1) is 20.4. The quantitative estimate of drug-likeness (QED) is 0.635. The molecule has 0 saturated carbocycles. The Balaban J connectivity index is 2.08. The number of rotatable bonds is 3. The summed E-state index contributed by atoms with van der Waals surface area (Å²) in [5.41, 5.74) is 3.48. The number of halogens is 5. The first-order valence-corrected chi connectivity index (χ1v) is 8.76. The molecule has 1 aliphatic rings. The molecule has 1 aliphatic heterocycles. The lowest BCUT2D eigenvalue weighted by Gasteiger charge is -2.25. The van der Waals surface area contributed by atoms with E-state index in [1.165, 1.54) is 36.1 Å². The lowest BCUT2D eigenvalue weighted by molar-refractivity contribution is -0.291. The van der Waals surface area contributed by atoms with Gasteiger partial charge >= 0.3 is 12.1 Å². The first-order chi connectivity index (χ1) is 14.6. The molecule has 2 aromatic heterocycles. The molecule has 4 rings (SSSR count). The lowest BCUT2D eigenvalue weighted by Crippen LogP contribution is -2.36. The Labute approximate surface area is 171 Å². The number of nitriles is 1. The second kappa shape index (κ2) is 6.83. The van der Waals surface area contributed by atoms with Gasteiger partial charge in [-0.25, -0.2) is 0 Å². The van der Waals surface area contributed by atoms with Crippen molar-refractivity contribution in [3.63, 3.8) is 0 Å². The van der Waals surface area contributed by atoms with E-state index in [1.807, 2.05) is 0 Å². The number of fused-ring (bicyclic) bond motifs is 1. The van der Waals surface area contributed by atoms with Gasteiger partial charge in [0, 0.05) is 13.2 Å². The predicted molar refractivity (Wildman–Crippen MR) is 96.0 cm³/mol. The van der Waals surface area contributed by atoms with Crippen LogP contribution in [0.15, 0.2) is 54.1 Å². The normalized spacial score (nSPS) is 16.6. The molecule has 0 bridgehead atoms. The van der Waals surface area contributed by atoms with E-state index in [-0.39, 0.29) is 17.0 Å². The summed E-state index contributed by atoms with van der Waals surface area (Å²) >= 11 is 0. The molecule has 0 amide bonds. The molecule has 0 spiro atoms. The second-order valence-corrected chi connectivity index (χ2v) is 6.73. The van der Waals surface area contributed by atoms with Crippen LogP contribution in [-0.4, -0.2) is 25.7 Å². The van der Waals surface area contributed by atoms with Gasteiger partial charge in [-0.15, -0.1) is 0 Å². The molecule has 31 heavy (non-hydrogen) atoms. The van der Waals surface area contributed by atoms with E-state index in [0.29, 0.717) is 0 Å². The summed E-state index contributed by atoms with van der Waals surface area (Å²) in [6.45, 7) is 0. The highest BCUT2D eigenvalue weighted by atomic mass is 19.4. The minimum atomic E-state index is -5.94. The third kappa shape index (κ3) is 3.09. The summed E-state index contributed by atoms with van der Waals surface area (Å²) in [5, 5.41) is 17.2. The van der Waals surface area contributed by atoms with Gasteiger partial charge in [0.25, 0.3) is 0 Å². The molecule has 2 N–H and O–H groups in total. The van der Waals surface area contributed by atoms with Gasteiger partial charge < -0.3 is 10.5 Å². The summed E-state index contributed by atoms with van der Waals surface area (Å²) < 4.78 is 76.7. The Morgan fingerprint density at radius 2 is 1.77 bits per heavy atom. The summed E-state index contributed by atoms with van der Waals surface area (Å²) in [6, 6.07) is 10.7. The fourth-order valence-electron chi connectivity index (χ4n) is 3.33. The van der Waals surface area contributed by atoms with Crippen molar-refractivity contribution >= 4 is 0 Å². The van der Waals surface area contributed by atoms with Gasteiger partial charge in [0.05, 0.1) is 22.9 Å². The van der Waals surface area contributed by atoms with Crippen molar-refractivity contribution < 1.29 is 26.7 Å². The molecule has 1 unspecified atom stereocenters. The van der Waals surface area contributed by atoms with Gasteiger partial charge in [-0.05, 0) is 18.2 Å². The van der Waals surface area contributed by atoms with E-state index in [4.69, 9.17) is 10.5 Å². The predicted octanol–water partition coefficient (Wildman–Crippen LogP) is 3.48. The molecule has 3 aromatic rings. The number of hydrogen-bond acceptors (Lipinski definition) is 5. The maximum Gasteiger partial charge on any atom is 0.459 e. The number of aromatic nitrogens is 4. The van der Waals surface area contributed by atoms with Crippen LogP contribution in [0.4, 0.5) is 22.0 Å². The molecule has 0 saturated heterocycles. The average Bonchev–Trinajstić information content (AvgIpc) is 3.30. The van der Waals surface area contributed by atoms with Crippen LogP contribution in [0.25, 0.3) is 5.69 Å². The topological polar surface area (TPSA) is 94.7 Å². The van der Waals surface area contributed by atoms with Crippen LogP contribution in [-0.2, 0) is 13.0 Å². The standard InChI is InChI=1S/C19H13F5N6O/c1-29-8-7-12(27-29)13-11(9-25)16(26)31-17-14(13)15(18(20,21)19(22,23)24)28-30(17)10-5-3-2-4-6-10/h2-8,13H,26H2,1H3. The Hall–Kier alpha value is -3.88. The number of nitrogens with two attached hydrogens (primary N) is 1. The molecule has 0 radical (unpaired) electrons. The average molecular weight is 436 g/mol. The van der Waals surface area contributed by atoms with Crippen LogP contribution in [0.5, 0.6) is 5.88 Å². The number of nitrogens with zero attached hydrogens (tertiary/aromatic N) is 5. The number of para-hydroxylation sites is 1. The van der Waals surface area contributed by atoms with E-state index in [1.54, 1.807) is 24.3 Å². The van der Waals surface area contributed by atoms with Crippen LogP contribution < -0.4 is 10.5 Å². The van der Waals surface area contributed by atoms with Gasteiger partial charge in [0.15, 0.2) is 0 Å². The molecule has 7 nitrogen and oxygen atoms in total. The van der Waals surface area contributed by atoms with Crippen molar-refractivity contribution in [1.29, 1.82) is 5.26 Å². The van der Waals surface area contributed by atoms with Crippen molar-refractivity contribution in [2.45, 2.75) is 18.0 Å². The maximum absolute atomic E-state index is 14.6. The molecular formula is C19H13F5N6O. The van der Waals surface area contributed by atoms with Crippen molar-refractivity contribution in [2.75, 3.05) is 0 Å². The van der Waals surface area contributed by atoms with E-state index in [2.05, 4.69) is 10.2 Å². The second-order valence-electron chi connectivity index (χ2n) is 6.73. The minimum Gasteiger partial charge on any atom is -0.422 e. The maximum atomic E-state index is 14.6. The van der Waals surface area contributed by atoms with Gasteiger partial charge in [-0.2, -0.15) is 42.1 Å². The van der Waals surface area contributed by atoms with Crippen LogP contribution in [0.2, 0.25) is 0 Å². The largest absolute Gasteiger partial charge is 0.459 e.